The van der Waals surface area contributed by atoms with Crippen LogP contribution in [0.25, 0.3) is 0 Å². The Bertz CT molecular complexity index is 604. The van der Waals surface area contributed by atoms with Gasteiger partial charge in [0.15, 0.2) is 0 Å². The number of carbonyl (C=O) groups excluding carboxylic acids is 2. The van der Waals surface area contributed by atoms with Crippen molar-refractivity contribution in [2.75, 3.05) is 13.2 Å². The van der Waals surface area contributed by atoms with Crippen molar-refractivity contribution < 1.29 is 14.7 Å². The van der Waals surface area contributed by atoms with Crippen LogP contribution < -0.4 is 5.32 Å². The number of carbonyl (C=O) groups is 2. The maximum Gasteiger partial charge on any atom is 0.254 e. The third-order valence-electron chi connectivity index (χ3n) is 4.83. The Labute approximate surface area is 150 Å². The van der Waals surface area contributed by atoms with Gasteiger partial charge in [-0.1, -0.05) is 32.9 Å². The van der Waals surface area contributed by atoms with Gasteiger partial charge < -0.3 is 15.3 Å². The molecule has 2 amide bonds. The Morgan fingerprint density at radius 2 is 1.84 bits per heavy atom. The standard InChI is InChI=1S/C20H30N2O3/c1-14-5-6-16(13-23)12-22(14)18(24)17-9-7-15(8-10-17)11-21-19(25)20(2,3)4/h7-10,14,16,23H,5-6,11-13H2,1-4H3,(H,21,25). The van der Waals surface area contributed by atoms with Crippen LogP contribution in [0.2, 0.25) is 0 Å². The molecule has 5 heteroatoms. The summed E-state index contributed by atoms with van der Waals surface area (Å²) in [7, 11) is 0. The molecule has 0 radical (unpaired) electrons. The van der Waals surface area contributed by atoms with Gasteiger partial charge in [-0.3, -0.25) is 9.59 Å². The molecule has 5 nitrogen and oxygen atoms in total. The third kappa shape index (κ3) is 5.05. The topological polar surface area (TPSA) is 69.6 Å². The summed E-state index contributed by atoms with van der Waals surface area (Å²) < 4.78 is 0. The molecule has 138 valence electrons. The number of nitrogens with zero attached hydrogens (tertiary/aromatic N) is 1. The van der Waals surface area contributed by atoms with Crippen molar-refractivity contribution in [2.24, 2.45) is 11.3 Å². The molecule has 2 unspecified atom stereocenters. The van der Waals surface area contributed by atoms with Crippen LogP contribution in [0.5, 0.6) is 0 Å². The van der Waals surface area contributed by atoms with E-state index in [1.165, 1.54) is 0 Å². The Hall–Kier alpha value is -1.88. The average molecular weight is 346 g/mol. The minimum Gasteiger partial charge on any atom is -0.396 e. The summed E-state index contributed by atoms with van der Waals surface area (Å²) in [5.41, 5.74) is 1.20. The maximum absolute atomic E-state index is 12.8. The van der Waals surface area contributed by atoms with Crippen LogP contribution in [0.1, 0.15) is 56.5 Å². The minimum absolute atomic E-state index is 0.00448. The number of aliphatic hydroxyl groups is 1. The molecule has 2 rings (SSSR count). The zero-order valence-electron chi connectivity index (χ0n) is 15.7. The lowest BCUT2D eigenvalue weighted by atomic mass is 9.93. The first kappa shape index (κ1) is 19.4. The van der Waals surface area contributed by atoms with Crippen molar-refractivity contribution >= 4 is 11.8 Å². The Kier molecular flexibility index (Phi) is 6.22. The highest BCUT2D eigenvalue weighted by Gasteiger charge is 2.29. The van der Waals surface area contributed by atoms with Gasteiger partial charge in [0.2, 0.25) is 5.91 Å². The lowest BCUT2D eigenvalue weighted by Gasteiger charge is -2.37. The van der Waals surface area contributed by atoms with Crippen molar-refractivity contribution in [1.29, 1.82) is 0 Å². The van der Waals surface area contributed by atoms with Crippen LogP contribution in [-0.2, 0) is 11.3 Å². The maximum atomic E-state index is 12.8. The molecule has 2 N–H and O–H groups in total. The second-order valence-electron chi connectivity index (χ2n) is 8.06. The number of amides is 2. The van der Waals surface area contributed by atoms with Crippen molar-refractivity contribution in [3.8, 4) is 0 Å². The van der Waals surface area contributed by atoms with Gasteiger partial charge in [0.25, 0.3) is 5.91 Å². The minimum atomic E-state index is -0.413. The monoisotopic (exact) mass is 346 g/mol. The van der Waals surface area contributed by atoms with Gasteiger partial charge in [-0.05, 0) is 43.4 Å². The summed E-state index contributed by atoms with van der Waals surface area (Å²) in [6.07, 6.45) is 1.89. The summed E-state index contributed by atoms with van der Waals surface area (Å²) in [4.78, 5) is 26.5. The van der Waals surface area contributed by atoms with Crippen molar-refractivity contribution in [3.63, 3.8) is 0 Å². The van der Waals surface area contributed by atoms with Crippen molar-refractivity contribution in [2.45, 2.75) is 53.1 Å². The Morgan fingerprint density at radius 1 is 1.20 bits per heavy atom. The van der Waals surface area contributed by atoms with Gasteiger partial charge in [-0.25, -0.2) is 0 Å². The predicted molar refractivity (Wildman–Crippen MR) is 98.1 cm³/mol. The van der Waals surface area contributed by atoms with Gasteiger partial charge in [0.1, 0.15) is 0 Å². The molecule has 1 aliphatic rings. The highest BCUT2D eigenvalue weighted by molar-refractivity contribution is 5.94. The normalized spacial score (nSPS) is 21.1. The number of benzene rings is 1. The van der Waals surface area contributed by atoms with E-state index in [-0.39, 0.29) is 30.4 Å². The number of rotatable bonds is 4. The molecule has 2 atom stereocenters. The van der Waals surface area contributed by atoms with Crippen LogP contribution in [-0.4, -0.2) is 41.0 Å². The van der Waals surface area contributed by atoms with E-state index in [2.05, 4.69) is 12.2 Å². The first-order valence-electron chi connectivity index (χ1n) is 9.01. The molecule has 0 bridgehead atoms. The van der Waals surface area contributed by atoms with E-state index in [4.69, 9.17) is 0 Å². The third-order valence-corrected chi connectivity index (χ3v) is 4.83. The summed E-state index contributed by atoms with van der Waals surface area (Å²) in [5, 5.41) is 12.3. The van der Waals surface area contributed by atoms with Crippen LogP contribution in [0.4, 0.5) is 0 Å². The fraction of sp³-hybridized carbons (Fsp3) is 0.600. The van der Waals surface area contributed by atoms with Gasteiger partial charge >= 0.3 is 0 Å². The van der Waals surface area contributed by atoms with Gasteiger partial charge in [-0.15, -0.1) is 0 Å². The van der Waals surface area contributed by atoms with E-state index in [1.807, 2.05) is 49.9 Å². The largest absolute Gasteiger partial charge is 0.396 e. The summed E-state index contributed by atoms with van der Waals surface area (Å²) >= 11 is 0. The van der Waals surface area contributed by atoms with Gasteiger partial charge in [0, 0.05) is 36.7 Å². The van der Waals surface area contributed by atoms with E-state index < -0.39 is 5.41 Å². The molecular formula is C20H30N2O3. The quantitative estimate of drug-likeness (QED) is 0.880. The van der Waals surface area contributed by atoms with Crippen molar-refractivity contribution in [1.82, 2.24) is 10.2 Å². The first-order chi connectivity index (χ1) is 11.7. The Morgan fingerprint density at radius 3 is 2.40 bits per heavy atom. The highest BCUT2D eigenvalue weighted by Crippen LogP contribution is 2.23. The lowest BCUT2D eigenvalue weighted by molar-refractivity contribution is -0.128. The Balaban J connectivity index is 1.99. The molecule has 1 fully saturated rings. The molecule has 25 heavy (non-hydrogen) atoms. The summed E-state index contributed by atoms with van der Waals surface area (Å²) in [6.45, 7) is 8.89. The van der Waals surface area contributed by atoms with E-state index in [9.17, 15) is 14.7 Å². The van der Waals surface area contributed by atoms with E-state index in [0.717, 1.165) is 18.4 Å². The van der Waals surface area contributed by atoms with Crippen molar-refractivity contribution in [3.05, 3.63) is 35.4 Å². The lowest BCUT2D eigenvalue weighted by Crippen LogP contribution is -2.46. The number of piperidine rings is 1. The fourth-order valence-corrected chi connectivity index (χ4v) is 2.99. The van der Waals surface area contributed by atoms with Crippen LogP contribution in [0, 0.1) is 11.3 Å². The molecule has 1 saturated heterocycles. The van der Waals surface area contributed by atoms with E-state index >= 15 is 0 Å². The second-order valence-corrected chi connectivity index (χ2v) is 8.06. The average Bonchev–Trinajstić information content (AvgIpc) is 2.59. The number of nitrogens with one attached hydrogen (secondary N) is 1. The summed E-state index contributed by atoms with van der Waals surface area (Å²) in [5.74, 6) is 0.188. The molecule has 1 aromatic carbocycles. The number of hydrogen-bond donors (Lipinski definition) is 2. The fourth-order valence-electron chi connectivity index (χ4n) is 2.99. The second kappa shape index (κ2) is 8.00. The molecular weight excluding hydrogens is 316 g/mol. The zero-order valence-corrected chi connectivity index (χ0v) is 15.7. The summed E-state index contributed by atoms with van der Waals surface area (Å²) in [6, 6.07) is 7.59. The molecule has 0 spiro atoms. The van der Waals surface area contributed by atoms with E-state index in [0.29, 0.717) is 18.7 Å². The van der Waals surface area contributed by atoms with Crippen LogP contribution in [0.15, 0.2) is 24.3 Å². The molecule has 0 saturated carbocycles. The predicted octanol–water partition coefficient (Wildman–Crippen LogP) is 2.58. The number of likely N-dealkylation sites (tertiary alicyclic amines) is 1. The molecule has 1 aromatic rings. The zero-order chi connectivity index (χ0) is 18.6. The molecule has 1 aliphatic heterocycles. The highest BCUT2D eigenvalue weighted by atomic mass is 16.3. The van der Waals surface area contributed by atoms with Crippen LogP contribution in [0.3, 0.4) is 0 Å². The molecule has 1 heterocycles. The molecule has 0 aromatic heterocycles. The molecule has 0 aliphatic carbocycles. The smallest absolute Gasteiger partial charge is 0.254 e. The first-order valence-corrected chi connectivity index (χ1v) is 9.01. The SMILES string of the molecule is CC1CCC(CO)CN1C(=O)c1ccc(CNC(=O)C(C)(C)C)cc1. The number of aliphatic hydroxyl groups excluding tert-OH is 1. The number of hydrogen-bond acceptors (Lipinski definition) is 3. The van der Waals surface area contributed by atoms with Gasteiger partial charge in [-0.2, -0.15) is 0 Å². The van der Waals surface area contributed by atoms with Gasteiger partial charge in [0.05, 0.1) is 0 Å². The van der Waals surface area contributed by atoms with Crippen LogP contribution >= 0.6 is 0 Å². The van der Waals surface area contributed by atoms with E-state index in [1.54, 1.807) is 0 Å².